The maximum Gasteiger partial charge on any atom is 0.326 e. The van der Waals surface area contributed by atoms with Crippen LogP contribution in [0.3, 0.4) is 0 Å². The zero-order chi connectivity index (χ0) is 26.9. The third-order valence-electron chi connectivity index (χ3n) is 5.57. The second kappa shape index (κ2) is 12.4. The molecule has 0 spiro atoms. The third kappa shape index (κ3) is 7.30. The van der Waals surface area contributed by atoms with Crippen LogP contribution in [0.25, 0.3) is 0 Å². The molecule has 192 valence electrons. The van der Waals surface area contributed by atoms with E-state index in [1.54, 1.807) is 54.6 Å². The first-order chi connectivity index (χ1) is 18.4. The van der Waals surface area contributed by atoms with Crippen molar-refractivity contribution in [2.45, 2.75) is 20.0 Å². The van der Waals surface area contributed by atoms with Crippen LogP contribution in [0.15, 0.2) is 103 Å². The molecule has 38 heavy (non-hydrogen) atoms. The van der Waals surface area contributed by atoms with Gasteiger partial charge < -0.3 is 20.1 Å². The fourth-order valence-electron chi connectivity index (χ4n) is 3.88. The van der Waals surface area contributed by atoms with Gasteiger partial charge in [-0.15, -0.1) is 0 Å². The number of aryl methyl sites for hydroxylation is 2. The highest BCUT2D eigenvalue weighted by Gasteiger charge is 2.25. The summed E-state index contributed by atoms with van der Waals surface area (Å²) in [6.45, 7) is 3.47. The fourth-order valence-corrected chi connectivity index (χ4v) is 3.88. The summed E-state index contributed by atoms with van der Waals surface area (Å²) < 4.78 is 11.2. The number of anilines is 1. The molecular weight excluding hydrogens is 480 g/mol. The quantitative estimate of drug-likeness (QED) is 0.281. The van der Waals surface area contributed by atoms with Crippen molar-refractivity contribution in [3.63, 3.8) is 0 Å². The number of carbonyl (C=O) groups is 3. The topological polar surface area (TPSA) is 93.7 Å². The number of hydrogen-bond acceptors (Lipinski definition) is 5. The molecular formula is C31H28N2O5. The maximum atomic E-state index is 13.1. The van der Waals surface area contributed by atoms with Gasteiger partial charge >= 0.3 is 5.97 Å². The van der Waals surface area contributed by atoms with E-state index in [0.29, 0.717) is 28.3 Å². The van der Waals surface area contributed by atoms with Crippen molar-refractivity contribution < 1.29 is 23.9 Å². The first kappa shape index (κ1) is 26.2. The highest BCUT2D eigenvalue weighted by Crippen LogP contribution is 2.23. The molecule has 0 aliphatic heterocycles. The molecule has 4 aromatic carbocycles. The predicted molar refractivity (Wildman–Crippen MR) is 145 cm³/mol. The summed E-state index contributed by atoms with van der Waals surface area (Å²) in [6, 6.07) is 30.2. The number of nitrogens with one attached hydrogen (secondary N) is 2. The Balaban J connectivity index is 1.36. The zero-order valence-corrected chi connectivity index (χ0v) is 21.1. The standard InChI is InChI=1S/C31H28N2O5/c1-21-17-22(2)19-25(18-21)33-31(36)29(23-9-5-3-6-10-23)38-28(34)20-32-30(35)24-13-15-27(16-14-24)37-26-11-7-4-8-12-26/h3-19,29H,20H2,1-2H3,(H,32,35)(H,33,36)/t29-/m1/s1. The van der Waals surface area contributed by atoms with Gasteiger partial charge in [0, 0.05) is 16.8 Å². The van der Waals surface area contributed by atoms with Crippen LogP contribution in [0.5, 0.6) is 11.5 Å². The summed E-state index contributed by atoms with van der Waals surface area (Å²) in [4.78, 5) is 38.3. The van der Waals surface area contributed by atoms with E-state index in [0.717, 1.165) is 11.1 Å². The fraction of sp³-hybridized carbons (Fsp3) is 0.129. The molecule has 2 N–H and O–H groups in total. The molecule has 0 unspecified atom stereocenters. The van der Waals surface area contributed by atoms with Crippen LogP contribution in [0.4, 0.5) is 5.69 Å². The van der Waals surface area contributed by atoms with Gasteiger partial charge in [0.25, 0.3) is 11.8 Å². The molecule has 7 nitrogen and oxygen atoms in total. The van der Waals surface area contributed by atoms with Crippen molar-refractivity contribution in [3.8, 4) is 11.5 Å². The maximum absolute atomic E-state index is 13.1. The lowest BCUT2D eigenvalue weighted by atomic mass is 10.1. The Morgan fingerprint density at radius 3 is 1.95 bits per heavy atom. The molecule has 2 amide bonds. The Labute approximate surface area is 221 Å². The van der Waals surface area contributed by atoms with E-state index in [-0.39, 0.29) is 0 Å². The largest absolute Gasteiger partial charge is 0.457 e. The lowest BCUT2D eigenvalue weighted by Crippen LogP contribution is -2.33. The molecule has 0 aliphatic carbocycles. The van der Waals surface area contributed by atoms with Crippen LogP contribution in [-0.4, -0.2) is 24.3 Å². The predicted octanol–water partition coefficient (Wildman–Crippen LogP) is 5.75. The molecule has 0 bridgehead atoms. The van der Waals surface area contributed by atoms with E-state index in [1.807, 2.05) is 62.4 Å². The summed E-state index contributed by atoms with van der Waals surface area (Å²) in [7, 11) is 0. The number of amides is 2. The van der Waals surface area contributed by atoms with Gasteiger partial charge in [0.2, 0.25) is 6.10 Å². The monoisotopic (exact) mass is 508 g/mol. The third-order valence-corrected chi connectivity index (χ3v) is 5.57. The van der Waals surface area contributed by atoms with Crippen molar-refractivity contribution in [2.75, 3.05) is 11.9 Å². The van der Waals surface area contributed by atoms with E-state index in [9.17, 15) is 14.4 Å². The molecule has 0 fully saturated rings. The number of hydrogen-bond donors (Lipinski definition) is 2. The molecule has 7 heteroatoms. The average molecular weight is 509 g/mol. The Hall–Kier alpha value is -4.91. The minimum atomic E-state index is -1.18. The summed E-state index contributed by atoms with van der Waals surface area (Å²) >= 11 is 0. The number of carbonyl (C=O) groups excluding carboxylic acids is 3. The number of esters is 1. The first-order valence-electron chi connectivity index (χ1n) is 12.1. The Bertz CT molecular complexity index is 1380. The van der Waals surface area contributed by atoms with E-state index in [4.69, 9.17) is 9.47 Å². The molecule has 0 aromatic heterocycles. The molecule has 0 radical (unpaired) electrons. The summed E-state index contributed by atoms with van der Waals surface area (Å²) in [5, 5.41) is 5.37. The number of rotatable bonds is 9. The number of ether oxygens (including phenoxy) is 2. The van der Waals surface area contributed by atoms with Crippen LogP contribution < -0.4 is 15.4 Å². The van der Waals surface area contributed by atoms with Crippen LogP contribution in [0.1, 0.15) is 33.2 Å². The van der Waals surface area contributed by atoms with Crippen molar-refractivity contribution >= 4 is 23.5 Å². The zero-order valence-electron chi connectivity index (χ0n) is 21.1. The number of benzene rings is 4. The Morgan fingerprint density at radius 2 is 1.32 bits per heavy atom. The molecule has 4 aromatic rings. The minimum Gasteiger partial charge on any atom is -0.457 e. The van der Waals surface area contributed by atoms with Crippen molar-refractivity contribution in [3.05, 3.63) is 125 Å². The highest BCUT2D eigenvalue weighted by molar-refractivity contribution is 5.98. The van der Waals surface area contributed by atoms with Crippen LogP contribution in [0, 0.1) is 13.8 Å². The molecule has 1 atom stereocenters. The summed E-state index contributed by atoms with van der Waals surface area (Å²) in [5.74, 6) is -0.430. The smallest absolute Gasteiger partial charge is 0.326 e. The minimum absolute atomic E-state index is 0.352. The molecule has 0 heterocycles. The lowest BCUT2D eigenvalue weighted by Gasteiger charge is -2.19. The van der Waals surface area contributed by atoms with Crippen molar-refractivity contribution in [1.82, 2.24) is 5.32 Å². The van der Waals surface area contributed by atoms with Gasteiger partial charge in [0.05, 0.1) is 0 Å². The first-order valence-corrected chi connectivity index (χ1v) is 12.1. The lowest BCUT2D eigenvalue weighted by molar-refractivity contribution is -0.153. The molecule has 0 aliphatic rings. The van der Waals surface area contributed by atoms with Gasteiger partial charge in [-0.3, -0.25) is 14.4 Å². The number of para-hydroxylation sites is 1. The van der Waals surface area contributed by atoms with Gasteiger partial charge in [0.1, 0.15) is 18.0 Å². The second-order valence-corrected chi connectivity index (χ2v) is 8.77. The van der Waals surface area contributed by atoms with Crippen LogP contribution in [-0.2, 0) is 14.3 Å². The Morgan fingerprint density at radius 1 is 0.737 bits per heavy atom. The average Bonchev–Trinajstić information content (AvgIpc) is 2.91. The molecule has 0 saturated carbocycles. The Kier molecular flexibility index (Phi) is 8.51. The SMILES string of the molecule is Cc1cc(C)cc(NC(=O)[C@H](OC(=O)CNC(=O)c2ccc(Oc3ccccc3)cc2)c2ccccc2)c1. The van der Waals surface area contributed by atoms with Gasteiger partial charge in [-0.2, -0.15) is 0 Å². The van der Waals surface area contributed by atoms with E-state index >= 15 is 0 Å². The van der Waals surface area contributed by atoms with Gasteiger partial charge in [-0.25, -0.2) is 0 Å². The summed E-state index contributed by atoms with van der Waals surface area (Å²) in [5.41, 5.74) is 3.47. The van der Waals surface area contributed by atoms with Crippen LogP contribution >= 0.6 is 0 Å². The van der Waals surface area contributed by atoms with Gasteiger partial charge in [-0.1, -0.05) is 54.6 Å². The van der Waals surface area contributed by atoms with Crippen molar-refractivity contribution in [2.24, 2.45) is 0 Å². The van der Waals surface area contributed by atoms with Gasteiger partial charge in [-0.05, 0) is 73.5 Å². The van der Waals surface area contributed by atoms with E-state index < -0.39 is 30.4 Å². The molecule has 4 rings (SSSR count). The normalized spacial score (nSPS) is 11.2. The second-order valence-electron chi connectivity index (χ2n) is 8.77. The van der Waals surface area contributed by atoms with Gasteiger partial charge in [0.15, 0.2) is 0 Å². The van der Waals surface area contributed by atoms with Crippen molar-refractivity contribution in [1.29, 1.82) is 0 Å². The van der Waals surface area contributed by atoms with E-state index in [1.165, 1.54) is 0 Å². The van der Waals surface area contributed by atoms with E-state index in [2.05, 4.69) is 10.6 Å². The highest BCUT2D eigenvalue weighted by atomic mass is 16.5. The summed E-state index contributed by atoms with van der Waals surface area (Å²) in [6.07, 6.45) is -1.18. The molecule has 0 saturated heterocycles. The van der Waals surface area contributed by atoms with Crippen LogP contribution in [0.2, 0.25) is 0 Å².